The number of carbonyl (C=O) groups excluding carboxylic acids is 2. The van der Waals surface area contributed by atoms with Crippen LogP contribution in [0.2, 0.25) is 0 Å². The molecule has 0 aliphatic carbocycles. The minimum absolute atomic E-state index is 0.0865. The molecule has 0 atom stereocenters. The van der Waals surface area contributed by atoms with Crippen LogP contribution in [0.15, 0.2) is 73.4 Å². The molecule has 2 aromatic carbocycles. The SMILES string of the molecule is C=C1c2ccccc2C(=O)N1CC(=O)NCc1ccc(Oc2cccc(OC)c2)nc1. The second kappa shape index (κ2) is 8.71. The van der Waals surface area contributed by atoms with Crippen LogP contribution in [0, 0.1) is 0 Å². The lowest BCUT2D eigenvalue weighted by atomic mass is 10.1. The number of nitrogens with one attached hydrogen (secondary N) is 1. The molecule has 0 bridgehead atoms. The number of methoxy groups -OCH3 is 1. The molecule has 7 heteroatoms. The Balaban J connectivity index is 1.31. The quantitative estimate of drug-likeness (QED) is 0.637. The minimum atomic E-state index is -0.279. The van der Waals surface area contributed by atoms with Crippen molar-refractivity contribution < 1.29 is 19.1 Å². The van der Waals surface area contributed by atoms with Crippen molar-refractivity contribution in [3.8, 4) is 17.4 Å². The predicted molar refractivity (Wildman–Crippen MR) is 116 cm³/mol. The van der Waals surface area contributed by atoms with Crippen LogP contribution >= 0.6 is 0 Å². The van der Waals surface area contributed by atoms with Gasteiger partial charge in [0.1, 0.15) is 18.0 Å². The van der Waals surface area contributed by atoms with E-state index in [1.165, 1.54) is 4.90 Å². The molecule has 0 saturated carbocycles. The van der Waals surface area contributed by atoms with E-state index in [9.17, 15) is 9.59 Å². The Morgan fingerprint density at radius 3 is 2.55 bits per heavy atom. The van der Waals surface area contributed by atoms with Crippen LogP contribution < -0.4 is 14.8 Å². The Labute approximate surface area is 179 Å². The number of carbonyl (C=O) groups is 2. The zero-order valence-electron chi connectivity index (χ0n) is 17.0. The second-order valence-corrected chi connectivity index (χ2v) is 6.95. The summed E-state index contributed by atoms with van der Waals surface area (Å²) >= 11 is 0. The van der Waals surface area contributed by atoms with Gasteiger partial charge in [0.25, 0.3) is 5.91 Å². The summed E-state index contributed by atoms with van der Waals surface area (Å²) < 4.78 is 10.9. The van der Waals surface area contributed by atoms with E-state index < -0.39 is 0 Å². The van der Waals surface area contributed by atoms with Crippen molar-refractivity contribution in [3.63, 3.8) is 0 Å². The molecule has 1 N–H and O–H groups in total. The fourth-order valence-corrected chi connectivity index (χ4v) is 3.26. The number of fused-ring (bicyclic) bond motifs is 1. The van der Waals surface area contributed by atoms with Crippen molar-refractivity contribution in [2.45, 2.75) is 6.54 Å². The number of aromatic nitrogens is 1. The highest BCUT2D eigenvalue weighted by atomic mass is 16.5. The van der Waals surface area contributed by atoms with Crippen molar-refractivity contribution in [1.29, 1.82) is 0 Å². The number of ether oxygens (including phenoxy) is 2. The summed E-state index contributed by atoms with van der Waals surface area (Å²) in [5, 5.41) is 2.81. The summed E-state index contributed by atoms with van der Waals surface area (Å²) in [5.74, 6) is 1.25. The van der Waals surface area contributed by atoms with Crippen LogP contribution in [0.4, 0.5) is 0 Å². The van der Waals surface area contributed by atoms with Crippen LogP contribution in [0.3, 0.4) is 0 Å². The number of pyridine rings is 1. The summed E-state index contributed by atoms with van der Waals surface area (Å²) in [5.41, 5.74) is 2.67. The third-order valence-corrected chi connectivity index (χ3v) is 4.89. The predicted octanol–water partition coefficient (Wildman–Crippen LogP) is 3.63. The largest absolute Gasteiger partial charge is 0.497 e. The molecule has 0 fully saturated rings. The first-order chi connectivity index (χ1) is 15.0. The number of hydrogen-bond acceptors (Lipinski definition) is 5. The van der Waals surface area contributed by atoms with Gasteiger partial charge in [-0.05, 0) is 23.8 Å². The lowest BCUT2D eigenvalue weighted by Crippen LogP contribution is -2.36. The molecule has 1 aliphatic rings. The van der Waals surface area contributed by atoms with E-state index >= 15 is 0 Å². The van der Waals surface area contributed by atoms with Gasteiger partial charge in [0.05, 0.1) is 7.11 Å². The monoisotopic (exact) mass is 415 g/mol. The highest BCUT2D eigenvalue weighted by Gasteiger charge is 2.31. The van der Waals surface area contributed by atoms with E-state index in [1.807, 2.05) is 36.4 Å². The van der Waals surface area contributed by atoms with E-state index in [1.54, 1.807) is 37.6 Å². The van der Waals surface area contributed by atoms with Crippen LogP contribution in [0.5, 0.6) is 17.4 Å². The molecule has 156 valence electrons. The summed E-state index contributed by atoms with van der Waals surface area (Å²) in [6.45, 7) is 4.14. The zero-order valence-corrected chi connectivity index (χ0v) is 17.0. The molecule has 4 rings (SSSR count). The highest BCUT2D eigenvalue weighted by Crippen LogP contribution is 2.30. The Bertz CT molecular complexity index is 1110. The Hall–Kier alpha value is -4.13. The fourth-order valence-electron chi connectivity index (χ4n) is 3.26. The molecular weight excluding hydrogens is 394 g/mol. The number of amides is 2. The number of nitrogens with zero attached hydrogens (tertiary/aromatic N) is 2. The lowest BCUT2D eigenvalue weighted by Gasteiger charge is -2.17. The van der Waals surface area contributed by atoms with Crippen LogP contribution in [0.1, 0.15) is 21.5 Å². The van der Waals surface area contributed by atoms with Gasteiger partial charge in [0.15, 0.2) is 0 Å². The summed E-state index contributed by atoms with van der Waals surface area (Å²) in [4.78, 5) is 30.5. The van der Waals surface area contributed by atoms with Crippen molar-refractivity contribution in [3.05, 3.63) is 90.1 Å². The first-order valence-electron chi connectivity index (χ1n) is 9.69. The van der Waals surface area contributed by atoms with Gasteiger partial charge in [-0.3, -0.25) is 14.5 Å². The van der Waals surface area contributed by atoms with Gasteiger partial charge in [-0.2, -0.15) is 0 Å². The molecular formula is C24H21N3O4. The standard InChI is InChI=1S/C24H21N3O4/c1-16-20-8-3-4-9-21(20)24(29)27(16)15-22(28)25-13-17-10-11-23(26-14-17)31-19-7-5-6-18(12-19)30-2/h3-12,14H,1,13,15H2,2H3,(H,25,28). The lowest BCUT2D eigenvalue weighted by molar-refractivity contribution is -0.121. The third kappa shape index (κ3) is 4.40. The van der Waals surface area contributed by atoms with Crippen molar-refractivity contribution in [2.24, 2.45) is 0 Å². The van der Waals surface area contributed by atoms with Gasteiger partial charge in [-0.25, -0.2) is 4.98 Å². The second-order valence-electron chi connectivity index (χ2n) is 6.95. The van der Waals surface area contributed by atoms with E-state index in [0.717, 1.165) is 11.1 Å². The van der Waals surface area contributed by atoms with Crippen molar-refractivity contribution in [2.75, 3.05) is 13.7 Å². The fraction of sp³-hybridized carbons (Fsp3) is 0.125. The maximum atomic E-state index is 12.5. The van der Waals surface area contributed by atoms with Crippen LogP contribution in [-0.4, -0.2) is 35.4 Å². The highest BCUT2D eigenvalue weighted by molar-refractivity contribution is 6.10. The van der Waals surface area contributed by atoms with Gasteiger partial charge >= 0.3 is 0 Å². The van der Waals surface area contributed by atoms with Gasteiger partial charge in [0.2, 0.25) is 11.8 Å². The Morgan fingerprint density at radius 2 is 1.84 bits per heavy atom. The number of benzene rings is 2. The number of rotatable bonds is 7. The summed E-state index contributed by atoms with van der Waals surface area (Å²) in [6.07, 6.45) is 1.63. The van der Waals surface area contributed by atoms with Crippen molar-refractivity contribution >= 4 is 17.5 Å². The van der Waals surface area contributed by atoms with E-state index in [2.05, 4.69) is 16.9 Å². The molecule has 0 saturated heterocycles. The third-order valence-electron chi connectivity index (χ3n) is 4.89. The van der Waals surface area contributed by atoms with Gasteiger partial charge in [0, 0.05) is 41.7 Å². The summed E-state index contributed by atoms with van der Waals surface area (Å²) in [6, 6.07) is 18.0. The molecule has 7 nitrogen and oxygen atoms in total. The Kier molecular flexibility index (Phi) is 5.66. The molecule has 2 amide bonds. The molecule has 0 unspecified atom stereocenters. The summed E-state index contributed by atoms with van der Waals surface area (Å²) in [7, 11) is 1.59. The van der Waals surface area contributed by atoms with E-state index in [0.29, 0.717) is 28.6 Å². The number of hydrogen-bond donors (Lipinski definition) is 1. The topological polar surface area (TPSA) is 80.8 Å². The molecule has 1 aliphatic heterocycles. The zero-order chi connectivity index (χ0) is 21.8. The van der Waals surface area contributed by atoms with Gasteiger partial charge in [-0.1, -0.05) is 36.9 Å². The maximum absolute atomic E-state index is 12.5. The molecule has 2 heterocycles. The van der Waals surface area contributed by atoms with Crippen molar-refractivity contribution in [1.82, 2.24) is 15.2 Å². The van der Waals surface area contributed by atoms with Crippen LogP contribution in [0.25, 0.3) is 5.70 Å². The average molecular weight is 415 g/mol. The van der Waals surface area contributed by atoms with E-state index in [-0.39, 0.29) is 24.9 Å². The van der Waals surface area contributed by atoms with Gasteiger partial charge in [-0.15, -0.1) is 0 Å². The first-order valence-corrected chi connectivity index (χ1v) is 9.69. The first kappa shape index (κ1) is 20.2. The minimum Gasteiger partial charge on any atom is -0.497 e. The molecule has 3 aromatic rings. The normalized spacial score (nSPS) is 12.5. The molecule has 0 radical (unpaired) electrons. The van der Waals surface area contributed by atoms with Crippen LogP contribution in [-0.2, 0) is 11.3 Å². The van der Waals surface area contributed by atoms with E-state index in [4.69, 9.17) is 9.47 Å². The smallest absolute Gasteiger partial charge is 0.259 e. The average Bonchev–Trinajstić information content (AvgIpc) is 3.04. The molecule has 31 heavy (non-hydrogen) atoms. The maximum Gasteiger partial charge on any atom is 0.259 e. The molecule has 0 spiro atoms. The molecule has 1 aromatic heterocycles. The Morgan fingerprint density at radius 1 is 1.06 bits per heavy atom. The van der Waals surface area contributed by atoms with Gasteiger partial charge < -0.3 is 14.8 Å².